The Bertz CT molecular complexity index is 2000. The third kappa shape index (κ3) is 9.35. The van der Waals surface area contributed by atoms with Crippen molar-refractivity contribution in [3.05, 3.63) is 72.3 Å². The first kappa shape index (κ1) is 37.4. The monoisotopic (exact) mass is 746 g/mol. The lowest BCUT2D eigenvalue weighted by Gasteiger charge is -2.29. The molecule has 1 saturated carbocycles. The topological polar surface area (TPSA) is 218 Å². The van der Waals surface area contributed by atoms with Gasteiger partial charge in [0.1, 0.15) is 16.7 Å². The van der Waals surface area contributed by atoms with E-state index in [0.717, 1.165) is 11.1 Å². The van der Waals surface area contributed by atoms with E-state index in [4.69, 9.17) is 14.6 Å². The van der Waals surface area contributed by atoms with Crippen molar-refractivity contribution < 1.29 is 37.4 Å². The van der Waals surface area contributed by atoms with Crippen molar-refractivity contribution in [3.8, 4) is 28.3 Å². The van der Waals surface area contributed by atoms with Crippen molar-refractivity contribution >= 4 is 33.6 Å². The number of benzene rings is 3. The molecule has 3 amide bonds. The van der Waals surface area contributed by atoms with E-state index >= 15 is 0 Å². The number of aromatic nitrogens is 4. The molecule has 17 heteroatoms. The highest BCUT2D eigenvalue weighted by atomic mass is 32.2. The minimum Gasteiger partial charge on any atom is -0.495 e. The lowest BCUT2D eigenvalue weighted by molar-refractivity contribution is -0.130. The molecule has 1 saturated heterocycles. The number of methoxy groups -OCH3 is 1. The Balaban J connectivity index is 1.22. The largest absolute Gasteiger partial charge is 0.495 e. The number of nitrogens with one attached hydrogen (secondary N) is 4. The van der Waals surface area contributed by atoms with Crippen LogP contribution in [0.1, 0.15) is 31.2 Å². The quantitative estimate of drug-likeness (QED) is 0.134. The molecule has 4 aromatic rings. The molecule has 1 atom stereocenters. The third-order valence-corrected chi connectivity index (χ3v) is 11.5. The molecule has 2 aliphatic rings. The Kier molecular flexibility index (Phi) is 12.0. The van der Waals surface area contributed by atoms with Gasteiger partial charge in [0.15, 0.2) is 0 Å². The Morgan fingerprint density at radius 1 is 0.981 bits per heavy atom. The number of tetrazole rings is 1. The highest BCUT2D eigenvalue weighted by Gasteiger charge is 2.31. The Morgan fingerprint density at radius 2 is 1.70 bits per heavy atom. The molecular weight excluding hydrogens is 705 g/mol. The van der Waals surface area contributed by atoms with Crippen molar-refractivity contribution in [1.29, 1.82) is 0 Å². The van der Waals surface area contributed by atoms with E-state index < -0.39 is 28.1 Å². The minimum atomic E-state index is -3.87. The maximum atomic E-state index is 13.9. The molecule has 1 aliphatic heterocycles. The van der Waals surface area contributed by atoms with Gasteiger partial charge in [0, 0.05) is 43.2 Å². The van der Waals surface area contributed by atoms with E-state index in [1.807, 2.05) is 24.3 Å². The number of amides is 3. The molecule has 0 unspecified atom stereocenters. The number of ether oxygens (including phenoxy) is 2. The number of H-pyrrole nitrogens is 1. The van der Waals surface area contributed by atoms with Gasteiger partial charge >= 0.3 is 6.09 Å². The second-order valence-corrected chi connectivity index (χ2v) is 15.0. The summed E-state index contributed by atoms with van der Waals surface area (Å²) >= 11 is 0. The molecule has 280 valence electrons. The molecule has 1 aromatic heterocycles. The number of carbonyl (C=O) groups excluding carboxylic acids is 2. The summed E-state index contributed by atoms with van der Waals surface area (Å²) in [6, 6.07) is 18.4. The number of aromatic amines is 1. The lowest BCUT2D eigenvalue weighted by Crippen LogP contribution is -2.48. The van der Waals surface area contributed by atoms with Crippen molar-refractivity contribution in [2.24, 2.45) is 11.8 Å². The molecule has 2 fully saturated rings. The molecule has 53 heavy (non-hydrogen) atoms. The van der Waals surface area contributed by atoms with Crippen LogP contribution in [0.15, 0.2) is 71.6 Å². The number of morpholine rings is 1. The van der Waals surface area contributed by atoms with Crippen LogP contribution in [0.2, 0.25) is 0 Å². The van der Waals surface area contributed by atoms with Gasteiger partial charge in [0.05, 0.1) is 20.3 Å². The molecule has 1 aliphatic carbocycles. The highest BCUT2D eigenvalue weighted by molar-refractivity contribution is 7.89. The van der Waals surface area contributed by atoms with Gasteiger partial charge in [-0.15, -0.1) is 10.2 Å². The summed E-state index contributed by atoms with van der Waals surface area (Å²) in [6.45, 7) is 1.45. The maximum absolute atomic E-state index is 13.9. The Labute approximate surface area is 306 Å². The van der Waals surface area contributed by atoms with Gasteiger partial charge in [0.2, 0.25) is 27.7 Å². The molecule has 6 rings (SSSR count). The smallest absolute Gasteiger partial charge is 0.404 e. The molecule has 0 bridgehead atoms. The second-order valence-electron chi connectivity index (χ2n) is 13.1. The summed E-state index contributed by atoms with van der Waals surface area (Å²) in [5.41, 5.74) is 3.31. The standard InChI is InChI=1S/C36H42N8O8S/c1-51-31-14-11-28(21-32(31)53(49,50)44-15-17-52-18-16-44)27-4-2-3-24(19-27)20-30(39-34(45)26-7-5-23(6-8-26)22-37-36(47)48)35(46)38-29-12-9-25(10-13-29)33-40-42-43-41-33/h2-4,9-14,19,21,23,26,30,37H,5-8,15-18,20,22H2,1H3,(H,38,46)(H,39,45)(H,47,48)(H,40,41,42,43)/t23?,26?,30-/m0/s1. The molecule has 3 aromatic carbocycles. The van der Waals surface area contributed by atoms with Crippen molar-refractivity contribution in [2.75, 3.05) is 45.3 Å². The van der Waals surface area contributed by atoms with Gasteiger partial charge in [-0.25, -0.2) is 13.2 Å². The minimum absolute atomic E-state index is 0.0492. The highest BCUT2D eigenvalue weighted by Crippen LogP contribution is 2.33. The summed E-state index contributed by atoms with van der Waals surface area (Å²) in [5, 5.41) is 31.2. The first-order valence-corrected chi connectivity index (χ1v) is 18.8. The van der Waals surface area contributed by atoms with Gasteiger partial charge < -0.3 is 30.5 Å². The van der Waals surface area contributed by atoms with Crippen LogP contribution in [-0.2, 0) is 30.8 Å². The predicted octanol–water partition coefficient (Wildman–Crippen LogP) is 3.30. The van der Waals surface area contributed by atoms with Crippen LogP contribution in [-0.4, -0.2) is 102 Å². The number of sulfonamides is 1. The molecular formula is C36H42N8O8S. The summed E-state index contributed by atoms with van der Waals surface area (Å²) in [7, 11) is -2.44. The number of nitrogens with zero attached hydrogens (tertiary/aromatic N) is 4. The van der Waals surface area contributed by atoms with E-state index in [0.29, 0.717) is 68.1 Å². The van der Waals surface area contributed by atoms with Crippen LogP contribution in [0.3, 0.4) is 0 Å². The SMILES string of the molecule is COc1ccc(-c2cccc(C[C@H](NC(=O)C3CCC(CNC(=O)O)CC3)C(=O)Nc3ccc(-c4nn[nH]n4)cc3)c2)cc1S(=O)(=O)N1CCOCC1. The summed E-state index contributed by atoms with van der Waals surface area (Å²) in [6.07, 6.45) is 1.61. The average molecular weight is 747 g/mol. The van der Waals surface area contributed by atoms with Gasteiger partial charge in [0.25, 0.3) is 0 Å². The fourth-order valence-electron chi connectivity index (χ4n) is 6.67. The van der Waals surface area contributed by atoms with Crippen molar-refractivity contribution in [3.63, 3.8) is 0 Å². The zero-order valence-electron chi connectivity index (χ0n) is 29.2. The van der Waals surface area contributed by atoms with Crippen LogP contribution in [0.4, 0.5) is 10.5 Å². The van der Waals surface area contributed by atoms with E-state index in [1.54, 1.807) is 42.5 Å². The number of hydrogen-bond donors (Lipinski definition) is 5. The first-order valence-electron chi connectivity index (χ1n) is 17.4. The summed E-state index contributed by atoms with van der Waals surface area (Å²) in [4.78, 5) is 38.5. The molecule has 16 nitrogen and oxygen atoms in total. The van der Waals surface area contributed by atoms with E-state index in [1.165, 1.54) is 11.4 Å². The van der Waals surface area contributed by atoms with Gasteiger partial charge in [-0.1, -0.05) is 30.3 Å². The van der Waals surface area contributed by atoms with Crippen LogP contribution >= 0.6 is 0 Å². The van der Waals surface area contributed by atoms with Gasteiger partial charge in [-0.05, 0) is 89.9 Å². The van der Waals surface area contributed by atoms with Crippen molar-refractivity contribution in [2.45, 2.75) is 43.0 Å². The molecule has 2 heterocycles. The number of anilines is 1. The second kappa shape index (κ2) is 17.0. The molecule has 0 spiro atoms. The number of carbonyl (C=O) groups is 3. The average Bonchev–Trinajstić information content (AvgIpc) is 3.73. The van der Waals surface area contributed by atoms with E-state index in [-0.39, 0.29) is 47.9 Å². The van der Waals surface area contributed by atoms with Gasteiger partial charge in [-0.3, -0.25) is 9.59 Å². The van der Waals surface area contributed by atoms with Crippen LogP contribution in [0.5, 0.6) is 5.75 Å². The Hall–Kier alpha value is -5.39. The molecule has 5 N–H and O–H groups in total. The summed E-state index contributed by atoms with van der Waals surface area (Å²) < 4.78 is 39.5. The predicted molar refractivity (Wildman–Crippen MR) is 193 cm³/mol. The Morgan fingerprint density at radius 3 is 2.38 bits per heavy atom. The molecule has 0 radical (unpaired) electrons. The maximum Gasteiger partial charge on any atom is 0.404 e. The van der Waals surface area contributed by atoms with Crippen LogP contribution in [0.25, 0.3) is 22.5 Å². The van der Waals surface area contributed by atoms with Crippen LogP contribution in [0, 0.1) is 11.8 Å². The number of hydrogen-bond acceptors (Lipinski definition) is 10. The fourth-order valence-corrected chi connectivity index (χ4v) is 8.26. The van der Waals surface area contributed by atoms with Crippen molar-refractivity contribution in [1.82, 2.24) is 35.6 Å². The number of carboxylic acid groups (broad SMARTS) is 1. The van der Waals surface area contributed by atoms with E-state index in [9.17, 15) is 22.8 Å². The van der Waals surface area contributed by atoms with Gasteiger partial charge in [-0.2, -0.15) is 9.52 Å². The summed E-state index contributed by atoms with van der Waals surface area (Å²) in [5.74, 6) is -0.199. The zero-order valence-corrected chi connectivity index (χ0v) is 30.0. The lowest BCUT2D eigenvalue weighted by atomic mass is 9.81. The fraction of sp³-hybridized carbons (Fsp3) is 0.389. The number of rotatable bonds is 13. The normalized spacial score (nSPS) is 18.4. The first-order chi connectivity index (χ1) is 25.6. The van der Waals surface area contributed by atoms with E-state index in [2.05, 4.69) is 36.6 Å². The third-order valence-electron chi connectivity index (χ3n) is 9.60. The zero-order chi connectivity index (χ0) is 37.4. The van der Waals surface area contributed by atoms with Crippen LogP contribution < -0.4 is 20.7 Å².